The fraction of sp³-hybridized carbons (Fsp3) is 0.0909. The molecule has 0 saturated carbocycles. The van der Waals surface area contributed by atoms with Crippen molar-refractivity contribution in [1.29, 1.82) is 0 Å². The Bertz CT molecular complexity index is 538. The van der Waals surface area contributed by atoms with Crippen molar-refractivity contribution in [3.63, 3.8) is 0 Å². The minimum atomic E-state index is -0.130. The molecule has 0 aliphatic heterocycles. The van der Waals surface area contributed by atoms with Crippen molar-refractivity contribution in [2.75, 3.05) is 11.1 Å². The van der Waals surface area contributed by atoms with Gasteiger partial charge in [0.15, 0.2) is 0 Å². The van der Waals surface area contributed by atoms with Crippen LogP contribution >= 0.6 is 22.6 Å². The predicted octanol–water partition coefficient (Wildman–Crippen LogP) is 1.71. The third-order valence-electron chi connectivity index (χ3n) is 2.08. The molecule has 1 aromatic heterocycles. The quantitative estimate of drug-likeness (QED) is 0.834. The van der Waals surface area contributed by atoms with Crippen molar-refractivity contribution in [1.82, 2.24) is 9.78 Å². The molecule has 0 atom stereocenters. The highest BCUT2D eigenvalue weighted by atomic mass is 127. The Morgan fingerprint density at radius 1 is 1.47 bits per heavy atom. The van der Waals surface area contributed by atoms with E-state index in [0.29, 0.717) is 5.82 Å². The van der Waals surface area contributed by atoms with E-state index in [2.05, 4.69) is 33.0 Å². The van der Waals surface area contributed by atoms with Crippen LogP contribution in [-0.2, 0) is 11.3 Å². The van der Waals surface area contributed by atoms with Crippen molar-refractivity contribution in [3.8, 4) is 0 Å². The second-order valence-electron chi connectivity index (χ2n) is 3.50. The molecule has 5 nitrogen and oxygen atoms in total. The van der Waals surface area contributed by atoms with Crippen LogP contribution in [0.5, 0.6) is 0 Å². The molecule has 0 aliphatic carbocycles. The van der Waals surface area contributed by atoms with Crippen molar-refractivity contribution < 1.29 is 4.79 Å². The van der Waals surface area contributed by atoms with Gasteiger partial charge in [-0.2, -0.15) is 5.10 Å². The van der Waals surface area contributed by atoms with Crippen LogP contribution in [0.4, 0.5) is 11.5 Å². The van der Waals surface area contributed by atoms with E-state index >= 15 is 0 Å². The average Bonchev–Trinajstić information content (AvgIpc) is 2.63. The van der Waals surface area contributed by atoms with Crippen LogP contribution in [0.15, 0.2) is 36.5 Å². The summed E-state index contributed by atoms with van der Waals surface area (Å²) in [6.07, 6.45) is 1.67. The number of amides is 1. The lowest BCUT2D eigenvalue weighted by atomic mass is 10.3. The highest BCUT2D eigenvalue weighted by molar-refractivity contribution is 14.1. The van der Waals surface area contributed by atoms with Gasteiger partial charge in [-0.3, -0.25) is 9.48 Å². The number of anilines is 2. The molecule has 3 N–H and O–H groups in total. The Morgan fingerprint density at radius 2 is 2.29 bits per heavy atom. The molecule has 2 rings (SSSR count). The number of hydrogen-bond donors (Lipinski definition) is 2. The third-order valence-corrected chi connectivity index (χ3v) is 2.75. The van der Waals surface area contributed by atoms with Gasteiger partial charge in [0, 0.05) is 15.5 Å². The Kier molecular flexibility index (Phi) is 3.62. The number of rotatable bonds is 3. The number of nitrogens with two attached hydrogens (primary N) is 1. The first-order chi connectivity index (χ1) is 8.13. The number of carbonyl (C=O) groups is 1. The maximum Gasteiger partial charge on any atom is 0.246 e. The summed E-state index contributed by atoms with van der Waals surface area (Å²) >= 11 is 2.19. The van der Waals surface area contributed by atoms with Crippen molar-refractivity contribution in [3.05, 3.63) is 40.1 Å². The van der Waals surface area contributed by atoms with Crippen LogP contribution in [0.1, 0.15) is 0 Å². The highest BCUT2D eigenvalue weighted by Crippen LogP contribution is 2.12. The molecule has 0 bridgehead atoms. The monoisotopic (exact) mass is 342 g/mol. The van der Waals surface area contributed by atoms with Crippen LogP contribution in [0.2, 0.25) is 0 Å². The fourth-order valence-corrected chi connectivity index (χ4v) is 1.92. The number of hydrogen-bond acceptors (Lipinski definition) is 3. The van der Waals surface area contributed by atoms with E-state index in [1.807, 2.05) is 24.3 Å². The summed E-state index contributed by atoms with van der Waals surface area (Å²) in [5, 5.41) is 6.74. The van der Waals surface area contributed by atoms with Gasteiger partial charge >= 0.3 is 0 Å². The highest BCUT2D eigenvalue weighted by Gasteiger charge is 2.04. The Labute approximate surface area is 112 Å². The van der Waals surface area contributed by atoms with Gasteiger partial charge in [0.05, 0.1) is 0 Å². The molecule has 0 aliphatic rings. The lowest BCUT2D eigenvalue weighted by molar-refractivity contribution is -0.116. The maximum absolute atomic E-state index is 11.7. The zero-order chi connectivity index (χ0) is 12.3. The number of nitrogens with zero attached hydrogens (tertiary/aromatic N) is 2. The topological polar surface area (TPSA) is 72.9 Å². The summed E-state index contributed by atoms with van der Waals surface area (Å²) < 4.78 is 2.57. The molecule has 0 fully saturated rings. The van der Waals surface area contributed by atoms with Gasteiger partial charge in [0.1, 0.15) is 12.4 Å². The fourth-order valence-electron chi connectivity index (χ4n) is 1.38. The second-order valence-corrected chi connectivity index (χ2v) is 4.74. The smallest absolute Gasteiger partial charge is 0.246 e. The van der Waals surface area contributed by atoms with Crippen LogP contribution in [0.25, 0.3) is 0 Å². The summed E-state index contributed by atoms with van der Waals surface area (Å²) in [6, 6.07) is 9.25. The zero-order valence-corrected chi connectivity index (χ0v) is 11.1. The van der Waals surface area contributed by atoms with Gasteiger partial charge in [-0.15, -0.1) is 0 Å². The number of nitrogens with one attached hydrogen (secondary N) is 1. The maximum atomic E-state index is 11.7. The molecule has 0 unspecified atom stereocenters. The van der Waals surface area contributed by atoms with Crippen LogP contribution in [-0.4, -0.2) is 15.7 Å². The molecule has 0 spiro atoms. The zero-order valence-electron chi connectivity index (χ0n) is 8.93. The standard InChI is InChI=1S/C11H11IN4O/c12-8-2-1-3-9(6-8)14-11(17)7-16-5-4-10(13)15-16/h1-6H,7H2,(H2,13,15)(H,14,17). The molecule has 0 radical (unpaired) electrons. The third kappa shape index (κ3) is 3.45. The lowest BCUT2D eigenvalue weighted by Crippen LogP contribution is -2.19. The molecule has 1 aromatic carbocycles. The summed E-state index contributed by atoms with van der Waals surface area (Å²) in [6.45, 7) is 0.155. The predicted molar refractivity (Wildman–Crippen MR) is 74.4 cm³/mol. The van der Waals surface area contributed by atoms with E-state index in [1.165, 1.54) is 4.68 Å². The molecule has 88 valence electrons. The van der Waals surface area contributed by atoms with E-state index in [-0.39, 0.29) is 12.5 Å². The van der Waals surface area contributed by atoms with Gasteiger partial charge in [0.25, 0.3) is 0 Å². The van der Waals surface area contributed by atoms with Crippen LogP contribution in [0, 0.1) is 3.57 Å². The summed E-state index contributed by atoms with van der Waals surface area (Å²) in [4.78, 5) is 11.7. The minimum absolute atomic E-state index is 0.130. The van der Waals surface area contributed by atoms with Crippen LogP contribution in [0.3, 0.4) is 0 Å². The molecular weight excluding hydrogens is 331 g/mol. The molecule has 17 heavy (non-hydrogen) atoms. The van der Waals surface area contributed by atoms with Crippen molar-refractivity contribution >= 4 is 40.0 Å². The largest absolute Gasteiger partial charge is 0.382 e. The van der Waals surface area contributed by atoms with Gasteiger partial charge in [-0.1, -0.05) is 6.07 Å². The molecule has 2 aromatic rings. The van der Waals surface area contributed by atoms with Gasteiger partial charge in [0.2, 0.25) is 5.91 Å². The first-order valence-electron chi connectivity index (χ1n) is 4.98. The van der Waals surface area contributed by atoms with Gasteiger partial charge < -0.3 is 11.1 Å². The normalized spacial score (nSPS) is 10.2. The SMILES string of the molecule is Nc1ccn(CC(=O)Nc2cccc(I)c2)n1. The Morgan fingerprint density at radius 3 is 2.94 bits per heavy atom. The van der Waals surface area contributed by atoms with Gasteiger partial charge in [-0.25, -0.2) is 0 Å². The minimum Gasteiger partial charge on any atom is -0.382 e. The average molecular weight is 342 g/mol. The summed E-state index contributed by atoms with van der Waals surface area (Å²) in [5.74, 6) is 0.280. The first kappa shape index (κ1) is 11.9. The molecule has 6 heteroatoms. The number of benzene rings is 1. The molecule has 1 heterocycles. The Balaban J connectivity index is 1.98. The number of aromatic nitrogens is 2. The molecular formula is C11H11IN4O. The molecule has 1 amide bonds. The number of carbonyl (C=O) groups excluding carboxylic acids is 1. The van der Waals surface area contributed by atoms with E-state index < -0.39 is 0 Å². The van der Waals surface area contributed by atoms with Crippen LogP contribution < -0.4 is 11.1 Å². The second kappa shape index (κ2) is 5.17. The summed E-state index contributed by atoms with van der Waals surface area (Å²) in [7, 11) is 0. The van der Waals surface area contributed by atoms with E-state index in [4.69, 9.17) is 5.73 Å². The van der Waals surface area contributed by atoms with E-state index in [1.54, 1.807) is 12.3 Å². The number of halogens is 1. The number of nitrogen functional groups attached to an aromatic ring is 1. The van der Waals surface area contributed by atoms with Crippen molar-refractivity contribution in [2.45, 2.75) is 6.54 Å². The lowest BCUT2D eigenvalue weighted by Gasteiger charge is -2.05. The van der Waals surface area contributed by atoms with E-state index in [0.717, 1.165) is 9.26 Å². The molecule has 0 saturated heterocycles. The van der Waals surface area contributed by atoms with E-state index in [9.17, 15) is 4.79 Å². The first-order valence-corrected chi connectivity index (χ1v) is 6.06. The summed E-state index contributed by atoms with van der Waals surface area (Å²) in [5.41, 5.74) is 6.24. The van der Waals surface area contributed by atoms with Gasteiger partial charge in [-0.05, 0) is 46.9 Å². The Hall–Kier alpha value is -1.57. The van der Waals surface area contributed by atoms with Crippen molar-refractivity contribution in [2.24, 2.45) is 0 Å².